The first kappa shape index (κ1) is 94.0. The quantitative estimate of drug-likeness (QED) is 0.0153. The molecule has 592 valence electrons. The van der Waals surface area contributed by atoms with E-state index in [0.717, 1.165) is 6.92 Å². The van der Waals surface area contributed by atoms with E-state index in [9.17, 15) is 117 Å². The highest BCUT2D eigenvalue weighted by molar-refractivity contribution is 6.00. The number of nitrogens with two attached hydrogens (primary N) is 6. The first-order chi connectivity index (χ1) is 48.8. The standard InChI is InChI=1S/C62H105N19O24/c1-28(2)24-32(63)50(94)72-33(10-8-22-69-61(65)66)51(95)74-37(15-20-46(87)88)55(99)80-41(26-30(5)6)59(103)77-38(16-21-47(89)90)56(100)81-42(27-48(91)92)57(101)71-31(7)49(93)79-40(25-29(3)4)58(102)76-35(13-18-44(83)84)53(97)73-34(12-17-43(64)82)52(96)75-36(14-19-45(85)86)54(98)78-39(60(104)105)11-9-23-70-62(67)68/h28-42H,8-27,63H2,1-7H3,(H2,64,82)(H,71,101)(H,72,94)(H,73,97)(H,74,95)(H,75,96)(H,76,102)(H,77,103)(H,78,98)(H,79,93)(H,80,99)(H,81,100)(H,83,84)(H,85,86)(H,87,88)(H,89,90)(H,91,92)(H,104,105)(H4,65,66,69)(H4,67,68,70)/t31-,32-,33-,34-,35-,36-,37-,38-,39-,40-,41-,42-/m0/s1. The third-order valence-electron chi connectivity index (χ3n) is 15.1. The summed E-state index contributed by atoms with van der Waals surface area (Å²) in [5, 5.41) is 83.2. The van der Waals surface area contributed by atoms with Gasteiger partial charge in [-0.3, -0.25) is 91.5 Å². The lowest BCUT2D eigenvalue weighted by Gasteiger charge is -2.28. The normalized spacial score (nSPS) is 14.4. The third kappa shape index (κ3) is 41.6. The first-order valence-corrected chi connectivity index (χ1v) is 33.6. The second kappa shape index (κ2) is 48.8. The van der Waals surface area contributed by atoms with Crippen LogP contribution in [0.15, 0.2) is 9.98 Å². The van der Waals surface area contributed by atoms with E-state index in [2.05, 4.69) is 68.5 Å². The molecule has 0 unspecified atom stereocenters. The Bertz CT molecular complexity index is 3100. The Morgan fingerprint density at radius 3 is 0.848 bits per heavy atom. The number of primary amides is 1. The van der Waals surface area contributed by atoms with Gasteiger partial charge in [-0.1, -0.05) is 41.5 Å². The molecule has 0 aliphatic heterocycles. The molecule has 0 aliphatic rings. The zero-order valence-electron chi connectivity index (χ0n) is 59.7. The molecule has 0 saturated heterocycles. The number of nitrogens with zero attached hydrogens (tertiary/aromatic N) is 2. The van der Waals surface area contributed by atoms with Crippen molar-refractivity contribution in [1.29, 1.82) is 0 Å². The average Bonchev–Trinajstić information content (AvgIpc) is 0.851. The molecular weight excluding hydrogens is 1390 g/mol. The van der Waals surface area contributed by atoms with E-state index in [1.807, 2.05) is 0 Å². The zero-order chi connectivity index (χ0) is 80.5. The summed E-state index contributed by atoms with van der Waals surface area (Å²) in [5.41, 5.74) is 32.8. The number of carboxylic acid groups (broad SMARTS) is 6. The van der Waals surface area contributed by atoms with Gasteiger partial charge in [0.15, 0.2) is 11.9 Å². The van der Waals surface area contributed by atoms with Crippen molar-refractivity contribution in [3.63, 3.8) is 0 Å². The Hall–Kier alpha value is -11.0. The summed E-state index contributed by atoms with van der Waals surface area (Å²) < 4.78 is 0. The van der Waals surface area contributed by atoms with Crippen LogP contribution in [0.3, 0.4) is 0 Å². The summed E-state index contributed by atoms with van der Waals surface area (Å²) in [4.78, 5) is 244. The largest absolute Gasteiger partial charge is 0.481 e. The second-order valence-electron chi connectivity index (χ2n) is 25.9. The molecule has 12 atom stereocenters. The van der Waals surface area contributed by atoms with Crippen LogP contribution in [-0.4, -0.2) is 235 Å². The third-order valence-corrected chi connectivity index (χ3v) is 15.1. The van der Waals surface area contributed by atoms with Gasteiger partial charge in [0.25, 0.3) is 0 Å². The summed E-state index contributed by atoms with van der Waals surface area (Å²) in [5.74, 6) is -24.6. The highest BCUT2D eigenvalue weighted by Gasteiger charge is 2.38. The van der Waals surface area contributed by atoms with Crippen LogP contribution in [0.4, 0.5) is 0 Å². The number of hydrogen-bond acceptors (Lipinski definition) is 21. The topological polar surface area (TPSA) is 742 Å². The minimum atomic E-state index is -2.13. The van der Waals surface area contributed by atoms with E-state index in [-0.39, 0.29) is 75.9 Å². The number of guanidine groups is 2. The lowest BCUT2D eigenvalue weighted by molar-refractivity contribution is -0.143. The lowest BCUT2D eigenvalue weighted by Crippen LogP contribution is -2.61. The molecule has 0 aromatic heterocycles. The molecule has 0 heterocycles. The van der Waals surface area contributed by atoms with Gasteiger partial charge in [0.1, 0.15) is 66.5 Å². The summed E-state index contributed by atoms with van der Waals surface area (Å²) in [7, 11) is 0. The highest BCUT2D eigenvalue weighted by Crippen LogP contribution is 2.14. The molecule has 0 aromatic carbocycles. The zero-order valence-corrected chi connectivity index (χ0v) is 59.7. The first-order valence-electron chi connectivity index (χ1n) is 33.6. The predicted molar refractivity (Wildman–Crippen MR) is 369 cm³/mol. The lowest BCUT2D eigenvalue weighted by atomic mass is 10.0. The van der Waals surface area contributed by atoms with Crippen molar-refractivity contribution in [2.24, 2.45) is 62.1 Å². The van der Waals surface area contributed by atoms with Crippen molar-refractivity contribution in [2.45, 2.75) is 237 Å². The van der Waals surface area contributed by atoms with Gasteiger partial charge >= 0.3 is 35.8 Å². The Labute approximate surface area is 604 Å². The molecule has 0 radical (unpaired) electrons. The van der Waals surface area contributed by atoms with Crippen LogP contribution >= 0.6 is 0 Å². The fourth-order valence-corrected chi connectivity index (χ4v) is 9.77. The second-order valence-corrected chi connectivity index (χ2v) is 25.9. The van der Waals surface area contributed by atoms with Gasteiger partial charge < -0.3 is 124 Å². The van der Waals surface area contributed by atoms with E-state index >= 15 is 0 Å². The van der Waals surface area contributed by atoms with E-state index in [0.29, 0.717) is 0 Å². The highest BCUT2D eigenvalue weighted by atomic mass is 16.4. The maximum atomic E-state index is 14.2. The van der Waals surface area contributed by atoms with Crippen LogP contribution in [0.2, 0.25) is 0 Å². The molecular formula is C62H105N19O24. The minimum absolute atomic E-state index is 0.000168. The Balaban J connectivity index is 7.03. The molecule has 0 spiro atoms. The van der Waals surface area contributed by atoms with Gasteiger partial charge in [-0.05, 0) is 102 Å². The fourth-order valence-electron chi connectivity index (χ4n) is 9.77. The molecule has 0 fully saturated rings. The van der Waals surface area contributed by atoms with Gasteiger partial charge in [0.2, 0.25) is 70.9 Å². The predicted octanol–water partition coefficient (Wildman–Crippen LogP) is -6.80. The van der Waals surface area contributed by atoms with Crippen molar-refractivity contribution >= 4 is 119 Å². The van der Waals surface area contributed by atoms with Crippen LogP contribution in [0.1, 0.15) is 164 Å². The number of aliphatic imine (C=N–C) groups is 2. The van der Waals surface area contributed by atoms with Gasteiger partial charge in [0, 0.05) is 45.2 Å². The summed E-state index contributed by atoms with van der Waals surface area (Å²) in [6.45, 7) is 11.0. The number of rotatable bonds is 54. The Kier molecular flexibility index (Phi) is 43.6. The molecule has 105 heavy (non-hydrogen) atoms. The summed E-state index contributed by atoms with van der Waals surface area (Å²) in [6, 6.07) is -20.5. The number of aliphatic carboxylic acids is 6. The Morgan fingerprint density at radius 1 is 0.295 bits per heavy atom. The minimum Gasteiger partial charge on any atom is -0.481 e. The molecule has 0 aromatic rings. The smallest absolute Gasteiger partial charge is 0.326 e. The van der Waals surface area contributed by atoms with E-state index in [4.69, 9.17) is 34.4 Å². The van der Waals surface area contributed by atoms with Crippen molar-refractivity contribution in [3.05, 3.63) is 0 Å². The fraction of sp³-hybridized carbons (Fsp3) is 0.677. The van der Waals surface area contributed by atoms with Gasteiger partial charge in [-0.2, -0.15) is 0 Å². The molecule has 0 rings (SSSR count). The monoisotopic (exact) mass is 1500 g/mol. The van der Waals surface area contributed by atoms with Gasteiger partial charge in [0.05, 0.1) is 12.5 Å². The number of carbonyl (C=O) groups excluding carboxylic acids is 12. The van der Waals surface area contributed by atoms with Crippen LogP contribution in [-0.2, 0) is 86.3 Å². The molecule has 0 aliphatic carbocycles. The van der Waals surface area contributed by atoms with E-state index in [1.165, 1.54) is 0 Å². The van der Waals surface area contributed by atoms with Crippen molar-refractivity contribution in [3.8, 4) is 0 Å². The van der Waals surface area contributed by atoms with Crippen molar-refractivity contribution in [2.75, 3.05) is 13.1 Å². The Morgan fingerprint density at radius 2 is 0.552 bits per heavy atom. The molecule has 29 N–H and O–H groups in total. The van der Waals surface area contributed by atoms with Crippen LogP contribution in [0.5, 0.6) is 0 Å². The molecule has 43 heteroatoms. The van der Waals surface area contributed by atoms with Crippen molar-refractivity contribution in [1.82, 2.24) is 58.5 Å². The molecule has 0 bridgehead atoms. The van der Waals surface area contributed by atoms with E-state index < -0.39 is 262 Å². The maximum absolute atomic E-state index is 14.2. The van der Waals surface area contributed by atoms with Gasteiger partial charge in [-0.15, -0.1) is 0 Å². The molecule has 0 saturated carbocycles. The average molecular weight is 1500 g/mol. The maximum Gasteiger partial charge on any atom is 0.326 e. The van der Waals surface area contributed by atoms with Gasteiger partial charge in [-0.25, -0.2) is 4.79 Å². The van der Waals surface area contributed by atoms with Crippen molar-refractivity contribution < 1.29 is 117 Å². The van der Waals surface area contributed by atoms with Crippen LogP contribution in [0, 0.1) is 17.8 Å². The molecule has 43 nitrogen and oxygen atoms in total. The number of carbonyl (C=O) groups is 18. The number of carboxylic acids is 6. The van der Waals surface area contributed by atoms with E-state index in [1.54, 1.807) is 41.5 Å². The SMILES string of the molecule is CC(C)C[C@H](NC(=O)[C@H](C)NC(=O)[C@H](CC(=O)O)NC(=O)[C@H](CCC(=O)O)NC(=O)[C@H](CC(C)C)NC(=O)[C@H](CCC(=O)O)NC(=O)[C@H](CCCN=C(N)N)NC(=O)[C@@H](N)CC(C)C)C(=O)N[C@@H](CCC(=O)O)C(=O)N[C@@H](CCC(N)=O)C(=O)N[C@@H](CCC(=O)O)C(=O)N[C@@H](CCCN=C(N)N)C(=O)O. The molecule has 12 amide bonds. The summed E-state index contributed by atoms with van der Waals surface area (Å²) in [6.07, 6.45) is -8.86. The summed E-state index contributed by atoms with van der Waals surface area (Å²) >= 11 is 0. The number of amides is 12. The van der Waals surface area contributed by atoms with Crippen LogP contribution in [0.25, 0.3) is 0 Å². The number of hydrogen-bond donors (Lipinski definition) is 23. The van der Waals surface area contributed by atoms with Crippen LogP contribution < -0.4 is 92.9 Å². The number of nitrogens with one attached hydrogen (secondary N) is 11.